The fourth-order valence-corrected chi connectivity index (χ4v) is 4.02. The van der Waals surface area contributed by atoms with Crippen LogP contribution in [0.4, 0.5) is 0 Å². The second kappa shape index (κ2) is 7.19. The molecule has 0 aromatic heterocycles. The van der Waals surface area contributed by atoms with Crippen molar-refractivity contribution >= 4 is 0 Å². The fraction of sp³-hybridized carbons (Fsp3) is 0.391. The Bertz CT molecular complexity index is 976. The summed E-state index contributed by atoms with van der Waals surface area (Å²) in [4.78, 5) is 0. The summed E-state index contributed by atoms with van der Waals surface area (Å²) in [6.07, 6.45) is 2.35. The van der Waals surface area contributed by atoms with Crippen LogP contribution in [0.3, 0.4) is 0 Å². The van der Waals surface area contributed by atoms with Gasteiger partial charge in [0.1, 0.15) is 29.5 Å². The van der Waals surface area contributed by atoms with Crippen molar-refractivity contribution in [3.05, 3.63) is 52.6 Å². The van der Waals surface area contributed by atoms with Gasteiger partial charge in [-0.1, -0.05) is 17.7 Å². The van der Waals surface area contributed by atoms with Crippen LogP contribution in [0.5, 0.6) is 28.7 Å². The zero-order valence-corrected chi connectivity index (χ0v) is 17.1. The van der Waals surface area contributed by atoms with Gasteiger partial charge in [-0.3, -0.25) is 0 Å². The van der Waals surface area contributed by atoms with E-state index in [1.165, 1.54) is 0 Å². The Labute approximate surface area is 170 Å². The molecule has 2 heterocycles. The van der Waals surface area contributed by atoms with Gasteiger partial charge >= 0.3 is 0 Å². The van der Waals surface area contributed by atoms with Crippen LogP contribution in [0.2, 0.25) is 0 Å². The molecule has 2 aliphatic heterocycles. The number of aliphatic hydroxyl groups is 1. The summed E-state index contributed by atoms with van der Waals surface area (Å²) in [6, 6.07) is 6.95. The van der Waals surface area contributed by atoms with E-state index in [9.17, 15) is 10.2 Å². The highest BCUT2D eigenvalue weighted by molar-refractivity contribution is 5.58. The summed E-state index contributed by atoms with van der Waals surface area (Å²) in [5.74, 6) is 2.43. The number of benzene rings is 2. The van der Waals surface area contributed by atoms with E-state index in [1.807, 2.05) is 19.9 Å². The van der Waals surface area contributed by atoms with Crippen molar-refractivity contribution in [2.75, 3.05) is 20.8 Å². The molecule has 6 heteroatoms. The molecule has 2 atom stereocenters. The van der Waals surface area contributed by atoms with Crippen molar-refractivity contribution in [1.82, 2.24) is 0 Å². The minimum absolute atomic E-state index is 0.190. The van der Waals surface area contributed by atoms with Crippen LogP contribution in [-0.2, 0) is 18.4 Å². The van der Waals surface area contributed by atoms with Crippen molar-refractivity contribution in [3.8, 4) is 28.7 Å². The summed E-state index contributed by atoms with van der Waals surface area (Å²) in [5.41, 5.74) is 2.07. The predicted octanol–water partition coefficient (Wildman–Crippen LogP) is 3.50. The van der Waals surface area contributed by atoms with Crippen LogP contribution in [0.15, 0.2) is 35.9 Å². The molecular formula is C23H26O6. The third-order valence-corrected chi connectivity index (χ3v) is 5.63. The van der Waals surface area contributed by atoms with Gasteiger partial charge in [0, 0.05) is 23.6 Å². The molecule has 6 nitrogen and oxygen atoms in total. The lowest BCUT2D eigenvalue weighted by Gasteiger charge is -2.45. The first-order valence-corrected chi connectivity index (χ1v) is 9.62. The van der Waals surface area contributed by atoms with Crippen LogP contribution >= 0.6 is 0 Å². The lowest BCUT2D eigenvalue weighted by Crippen LogP contribution is -2.53. The first-order chi connectivity index (χ1) is 13.9. The van der Waals surface area contributed by atoms with E-state index in [4.69, 9.17) is 18.9 Å². The van der Waals surface area contributed by atoms with Gasteiger partial charge in [0.05, 0.1) is 14.2 Å². The highest BCUT2D eigenvalue weighted by Gasteiger charge is 2.50. The smallest absolute Gasteiger partial charge is 0.166 e. The molecular weight excluding hydrogens is 372 g/mol. The van der Waals surface area contributed by atoms with E-state index >= 15 is 0 Å². The molecule has 4 rings (SSSR count). The van der Waals surface area contributed by atoms with Crippen molar-refractivity contribution in [2.45, 2.75) is 38.4 Å². The zero-order valence-electron chi connectivity index (χ0n) is 17.1. The molecule has 0 saturated carbocycles. The van der Waals surface area contributed by atoms with Gasteiger partial charge in [-0.2, -0.15) is 0 Å². The maximum Gasteiger partial charge on any atom is 0.166 e. The molecule has 154 valence electrons. The van der Waals surface area contributed by atoms with Gasteiger partial charge in [0.2, 0.25) is 0 Å². The molecule has 2 aliphatic rings. The Hall–Kier alpha value is -2.86. The van der Waals surface area contributed by atoms with Gasteiger partial charge in [0.15, 0.2) is 17.6 Å². The number of methoxy groups -OCH3 is 2. The second-order valence-corrected chi connectivity index (χ2v) is 7.76. The third-order valence-electron chi connectivity index (χ3n) is 5.63. The molecule has 2 aromatic rings. The Kier molecular flexibility index (Phi) is 4.82. The molecule has 0 saturated heterocycles. The number of aromatic hydroxyl groups is 1. The Morgan fingerprint density at radius 1 is 1.21 bits per heavy atom. The minimum atomic E-state index is -1.27. The van der Waals surface area contributed by atoms with Crippen LogP contribution in [0.25, 0.3) is 0 Å². The summed E-state index contributed by atoms with van der Waals surface area (Å²) >= 11 is 0. The average Bonchev–Trinajstić information content (AvgIpc) is 2.70. The van der Waals surface area contributed by atoms with E-state index < -0.39 is 11.7 Å². The van der Waals surface area contributed by atoms with Crippen LogP contribution in [0, 0.1) is 0 Å². The SMILES string of the molecule is COc1cc2c(cc1OC)C1(O)Cc3ccc(O)c(CC=C(C)C)c3OC1CO2. The summed E-state index contributed by atoms with van der Waals surface area (Å²) in [5, 5.41) is 22.1. The maximum atomic E-state index is 11.7. The summed E-state index contributed by atoms with van der Waals surface area (Å²) < 4.78 is 22.9. The molecule has 0 fully saturated rings. The zero-order chi connectivity index (χ0) is 20.8. The standard InChI is InChI=1S/C23H26O6/c1-13(2)5-7-15-17(24)8-6-14-11-23(25)16-9-19(26-3)20(27-4)10-18(16)28-12-21(23)29-22(14)15/h5-6,8-10,21,24-25H,7,11-12H2,1-4H3. The Balaban J connectivity index is 1.79. The summed E-state index contributed by atoms with van der Waals surface area (Å²) in [6.45, 7) is 4.22. The molecule has 0 bridgehead atoms. The van der Waals surface area contributed by atoms with Crippen LogP contribution in [-0.4, -0.2) is 37.1 Å². The molecule has 29 heavy (non-hydrogen) atoms. The predicted molar refractivity (Wildman–Crippen MR) is 108 cm³/mol. The van der Waals surface area contributed by atoms with Gasteiger partial charge in [-0.05, 0) is 38.0 Å². The third kappa shape index (κ3) is 3.17. The van der Waals surface area contributed by atoms with E-state index in [2.05, 4.69) is 0 Å². The van der Waals surface area contributed by atoms with Crippen molar-refractivity contribution in [2.24, 2.45) is 0 Å². The largest absolute Gasteiger partial charge is 0.508 e. The monoisotopic (exact) mass is 398 g/mol. The number of fused-ring (bicyclic) bond motifs is 4. The topological polar surface area (TPSA) is 77.4 Å². The summed E-state index contributed by atoms with van der Waals surface area (Å²) in [7, 11) is 3.12. The number of phenolic OH excluding ortho intramolecular Hbond substituents is 1. The highest BCUT2D eigenvalue weighted by Crippen LogP contribution is 2.50. The van der Waals surface area contributed by atoms with Gasteiger partial charge < -0.3 is 29.2 Å². The first kappa shape index (κ1) is 19.5. The molecule has 2 unspecified atom stereocenters. The number of allylic oxidation sites excluding steroid dienone is 2. The van der Waals surface area contributed by atoms with E-state index in [0.29, 0.717) is 41.4 Å². The molecule has 0 amide bonds. The Morgan fingerprint density at radius 2 is 1.93 bits per heavy atom. The number of rotatable bonds is 4. The van der Waals surface area contributed by atoms with Crippen molar-refractivity contribution < 1.29 is 29.2 Å². The van der Waals surface area contributed by atoms with E-state index in [0.717, 1.165) is 16.7 Å². The molecule has 2 N–H and O–H groups in total. The normalized spacial score (nSPS) is 21.6. The number of ether oxygens (including phenoxy) is 4. The molecule has 0 aliphatic carbocycles. The van der Waals surface area contributed by atoms with Gasteiger partial charge in [-0.25, -0.2) is 0 Å². The van der Waals surface area contributed by atoms with Gasteiger partial charge in [-0.15, -0.1) is 0 Å². The first-order valence-electron chi connectivity index (χ1n) is 9.62. The number of hydrogen-bond donors (Lipinski definition) is 2. The van der Waals surface area contributed by atoms with Gasteiger partial charge in [0.25, 0.3) is 0 Å². The average molecular weight is 398 g/mol. The second-order valence-electron chi connectivity index (χ2n) is 7.76. The van der Waals surface area contributed by atoms with E-state index in [-0.39, 0.29) is 12.4 Å². The Morgan fingerprint density at radius 3 is 2.62 bits per heavy atom. The highest BCUT2D eigenvalue weighted by atomic mass is 16.6. The lowest BCUT2D eigenvalue weighted by molar-refractivity contribution is -0.109. The van der Waals surface area contributed by atoms with Crippen LogP contribution < -0.4 is 18.9 Å². The van der Waals surface area contributed by atoms with Crippen LogP contribution in [0.1, 0.15) is 30.5 Å². The minimum Gasteiger partial charge on any atom is -0.508 e. The van der Waals surface area contributed by atoms with E-state index in [1.54, 1.807) is 38.5 Å². The number of hydrogen-bond acceptors (Lipinski definition) is 6. The quantitative estimate of drug-likeness (QED) is 0.768. The molecule has 0 spiro atoms. The lowest BCUT2D eigenvalue weighted by atomic mass is 9.78. The fourth-order valence-electron chi connectivity index (χ4n) is 4.02. The van der Waals surface area contributed by atoms with Crippen molar-refractivity contribution in [1.29, 1.82) is 0 Å². The molecule has 2 aromatic carbocycles. The molecule has 0 radical (unpaired) electrons. The number of phenols is 1. The maximum absolute atomic E-state index is 11.7. The van der Waals surface area contributed by atoms with Crippen molar-refractivity contribution in [3.63, 3.8) is 0 Å².